The number of hydrogen-bond donors (Lipinski definition) is 0. The minimum absolute atomic E-state index is 0.256. The summed E-state index contributed by atoms with van der Waals surface area (Å²) in [6.07, 6.45) is 0. The molecular weight excluding hydrogens is 187 g/mol. The molecule has 3 nitrogen and oxygen atoms in total. The van der Waals surface area contributed by atoms with Crippen LogP contribution in [0, 0.1) is 0 Å². The summed E-state index contributed by atoms with van der Waals surface area (Å²) in [5.41, 5.74) is 0.904. The Bertz CT molecular complexity index is 273. The van der Waals surface area contributed by atoms with Gasteiger partial charge in [-0.3, -0.25) is 0 Å². The maximum Gasteiger partial charge on any atom is 0.123 e. The molecule has 72 valence electrons. The lowest BCUT2D eigenvalue weighted by Crippen LogP contribution is -2.13. The van der Waals surface area contributed by atoms with Crippen molar-refractivity contribution >= 4 is 8.60 Å². The van der Waals surface area contributed by atoms with Crippen LogP contribution in [0.15, 0.2) is 24.3 Å². The summed E-state index contributed by atoms with van der Waals surface area (Å²) >= 11 is 0. The Morgan fingerprint density at radius 2 is 1.85 bits per heavy atom. The van der Waals surface area contributed by atoms with E-state index in [1.165, 1.54) is 0 Å². The third kappa shape index (κ3) is 2.96. The number of para-hydroxylation sites is 1. The molecule has 1 rings (SSSR count). The first-order chi connectivity index (χ1) is 6.11. The van der Waals surface area contributed by atoms with Gasteiger partial charge in [-0.15, -0.1) is 0 Å². The van der Waals surface area contributed by atoms with E-state index in [0.717, 1.165) is 5.56 Å². The minimum Gasteiger partial charge on any atom is -0.810 e. The molecule has 0 fully saturated rings. The lowest BCUT2D eigenvalue weighted by atomic mass is 10.0. The molecule has 0 heterocycles. The summed E-state index contributed by atoms with van der Waals surface area (Å²) in [5.74, 6) is 0.680. The van der Waals surface area contributed by atoms with Gasteiger partial charge in [0.2, 0.25) is 0 Å². The molecule has 0 radical (unpaired) electrons. The molecule has 4 heteroatoms. The second-order valence-electron chi connectivity index (χ2n) is 3.01. The average Bonchev–Trinajstić information content (AvgIpc) is 2.03. The van der Waals surface area contributed by atoms with Crippen molar-refractivity contribution in [3.63, 3.8) is 0 Å². The lowest BCUT2D eigenvalue weighted by Gasteiger charge is -2.31. The topological polar surface area (TPSA) is 55.3 Å². The van der Waals surface area contributed by atoms with E-state index in [4.69, 9.17) is 0 Å². The van der Waals surface area contributed by atoms with E-state index in [1.807, 2.05) is 26.0 Å². The van der Waals surface area contributed by atoms with Crippen molar-refractivity contribution in [2.24, 2.45) is 0 Å². The zero-order valence-electron chi connectivity index (χ0n) is 7.56. The molecule has 1 aromatic carbocycles. The third-order valence-corrected chi connectivity index (χ3v) is 2.06. The van der Waals surface area contributed by atoms with Crippen LogP contribution < -0.4 is 14.3 Å². The molecule has 0 atom stereocenters. The fourth-order valence-electron chi connectivity index (χ4n) is 1.12. The van der Waals surface area contributed by atoms with Crippen LogP contribution in [-0.4, -0.2) is 0 Å². The predicted octanol–water partition coefficient (Wildman–Crippen LogP) is 1.14. The van der Waals surface area contributed by atoms with Crippen LogP contribution in [-0.2, 0) is 0 Å². The van der Waals surface area contributed by atoms with Crippen molar-refractivity contribution in [1.82, 2.24) is 0 Å². The highest BCUT2D eigenvalue weighted by molar-refractivity contribution is 7.36. The Hall–Kier alpha value is -0.630. The summed E-state index contributed by atoms with van der Waals surface area (Å²) in [6, 6.07) is 7.12. The molecule has 13 heavy (non-hydrogen) atoms. The zero-order valence-corrected chi connectivity index (χ0v) is 8.45. The fourth-order valence-corrected chi connectivity index (χ4v) is 1.45. The van der Waals surface area contributed by atoms with Crippen molar-refractivity contribution in [3.8, 4) is 5.75 Å². The Morgan fingerprint density at radius 1 is 1.23 bits per heavy atom. The molecule has 0 saturated carbocycles. The van der Waals surface area contributed by atoms with E-state index in [0.29, 0.717) is 5.75 Å². The molecule has 0 saturated heterocycles. The van der Waals surface area contributed by atoms with Gasteiger partial charge in [-0.2, -0.15) is 0 Å². The number of rotatable bonds is 3. The van der Waals surface area contributed by atoms with Crippen molar-refractivity contribution < 1.29 is 14.3 Å². The Kier molecular flexibility index (Phi) is 3.67. The van der Waals surface area contributed by atoms with Crippen LogP contribution in [0.2, 0.25) is 0 Å². The van der Waals surface area contributed by atoms with E-state index >= 15 is 0 Å². The van der Waals surface area contributed by atoms with Crippen LogP contribution >= 0.6 is 8.60 Å². The molecule has 0 aromatic heterocycles. The highest BCUT2D eigenvalue weighted by atomic mass is 31.2. The molecular formula is C9H11O3P-2. The fraction of sp³-hybridized carbons (Fsp3) is 0.333. The van der Waals surface area contributed by atoms with Crippen molar-refractivity contribution in [2.45, 2.75) is 19.8 Å². The normalized spacial score (nSPS) is 10.9. The van der Waals surface area contributed by atoms with E-state index in [9.17, 15) is 9.79 Å². The van der Waals surface area contributed by atoms with Gasteiger partial charge in [-0.25, -0.2) is 0 Å². The third-order valence-electron chi connectivity index (χ3n) is 1.71. The van der Waals surface area contributed by atoms with Gasteiger partial charge in [0.05, 0.1) is 0 Å². The standard InChI is InChI=1S/C9H11O3P/c1-7(2)8-5-3-4-6-9(8)12-13(10)11/h3-7H,1-2H3/q-2. The summed E-state index contributed by atoms with van der Waals surface area (Å²) in [4.78, 5) is 20.7. The Morgan fingerprint density at radius 3 is 2.38 bits per heavy atom. The van der Waals surface area contributed by atoms with Crippen LogP contribution in [0.4, 0.5) is 0 Å². The summed E-state index contributed by atoms with van der Waals surface area (Å²) in [6.45, 7) is 3.97. The van der Waals surface area contributed by atoms with Gasteiger partial charge >= 0.3 is 0 Å². The summed E-state index contributed by atoms with van der Waals surface area (Å²) in [5, 5.41) is 0. The Balaban J connectivity index is 2.91. The molecule has 0 N–H and O–H groups in total. The SMILES string of the molecule is CC(C)c1ccccc1OP([O-])[O-]. The van der Waals surface area contributed by atoms with Gasteiger partial charge in [0.15, 0.2) is 0 Å². The predicted molar refractivity (Wildman–Crippen MR) is 48.1 cm³/mol. The molecule has 1 aromatic rings. The first-order valence-corrected chi connectivity index (χ1v) is 5.12. The van der Waals surface area contributed by atoms with Crippen molar-refractivity contribution in [1.29, 1.82) is 0 Å². The summed E-state index contributed by atoms with van der Waals surface area (Å²) in [7, 11) is -2.82. The van der Waals surface area contributed by atoms with Gasteiger partial charge in [0.25, 0.3) is 0 Å². The molecule has 0 aliphatic rings. The lowest BCUT2D eigenvalue weighted by molar-refractivity contribution is -0.310. The molecule has 0 spiro atoms. The van der Waals surface area contributed by atoms with Crippen LogP contribution in [0.1, 0.15) is 25.3 Å². The van der Waals surface area contributed by atoms with Crippen molar-refractivity contribution in [2.75, 3.05) is 0 Å². The summed E-state index contributed by atoms with van der Waals surface area (Å²) < 4.78 is 4.66. The average molecular weight is 198 g/mol. The number of benzene rings is 1. The van der Waals surface area contributed by atoms with Crippen LogP contribution in [0.5, 0.6) is 5.75 Å². The monoisotopic (exact) mass is 198 g/mol. The maximum absolute atomic E-state index is 10.4. The zero-order chi connectivity index (χ0) is 9.84. The quantitative estimate of drug-likeness (QED) is 0.684. The van der Waals surface area contributed by atoms with Crippen LogP contribution in [0.3, 0.4) is 0 Å². The second kappa shape index (κ2) is 4.56. The smallest absolute Gasteiger partial charge is 0.123 e. The molecule has 0 aliphatic carbocycles. The van der Waals surface area contributed by atoms with E-state index in [1.54, 1.807) is 12.1 Å². The maximum atomic E-state index is 10.4. The largest absolute Gasteiger partial charge is 0.810 e. The number of hydrogen-bond acceptors (Lipinski definition) is 3. The molecule has 0 amide bonds. The van der Waals surface area contributed by atoms with Crippen LogP contribution in [0.25, 0.3) is 0 Å². The van der Waals surface area contributed by atoms with Gasteiger partial charge < -0.3 is 14.3 Å². The molecule has 0 unspecified atom stereocenters. The second-order valence-corrected chi connectivity index (χ2v) is 3.64. The van der Waals surface area contributed by atoms with Gasteiger partial charge in [-0.1, -0.05) is 40.6 Å². The highest BCUT2D eigenvalue weighted by Gasteiger charge is 2.04. The van der Waals surface area contributed by atoms with E-state index < -0.39 is 8.60 Å². The minimum atomic E-state index is -2.82. The van der Waals surface area contributed by atoms with E-state index in [2.05, 4.69) is 4.52 Å². The first-order valence-electron chi connectivity index (χ1n) is 4.02. The van der Waals surface area contributed by atoms with Crippen molar-refractivity contribution in [3.05, 3.63) is 29.8 Å². The van der Waals surface area contributed by atoms with Gasteiger partial charge in [0.1, 0.15) is 5.75 Å². The molecule has 0 bridgehead atoms. The Labute approximate surface area is 79.0 Å². The van der Waals surface area contributed by atoms with Gasteiger partial charge in [0, 0.05) is 0 Å². The van der Waals surface area contributed by atoms with E-state index in [-0.39, 0.29) is 5.92 Å². The first kappa shape index (κ1) is 10.5. The highest BCUT2D eigenvalue weighted by Crippen LogP contribution is 2.30. The van der Waals surface area contributed by atoms with Gasteiger partial charge in [-0.05, 0) is 17.5 Å². The molecule has 0 aliphatic heterocycles.